The Morgan fingerprint density at radius 2 is 2.05 bits per heavy atom. The zero-order chi connectivity index (χ0) is 13.9. The van der Waals surface area contributed by atoms with E-state index in [9.17, 15) is 8.78 Å². The fourth-order valence-electron chi connectivity index (χ4n) is 2.65. The number of hydrogen-bond donors (Lipinski definition) is 1. The number of halogens is 2. The lowest BCUT2D eigenvalue weighted by Crippen LogP contribution is -2.35. The van der Waals surface area contributed by atoms with Crippen molar-refractivity contribution in [3.8, 4) is 0 Å². The van der Waals surface area contributed by atoms with Gasteiger partial charge in [-0.25, -0.2) is 8.78 Å². The molecule has 1 fully saturated rings. The molecule has 1 unspecified atom stereocenters. The van der Waals surface area contributed by atoms with Crippen molar-refractivity contribution >= 4 is 0 Å². The van der Waals surface area contributed by atoms with Crippen molar-refractivity contribution in [1.82, 2.24) is 5.32 Å². The van der Waals surface area contributed by atoms with Crippen LogP contribution in [0.25, 0.3) is 0 Å². The van der Waals surface area contributed by atoms with Crippen molar-refractivity contribution in [1.29, 1.82) is 0 Å². The van der Waals surface area contributed by atoms with E-state index in [0.29, 0.717) is 18.0 Å². The van der Waals surface area contributed by atoms with E-state index in [-0.39, 0.29) is 5.41 Å². The van der Waals surface area contributed by atoms with E-state index in [1.54, 1.807) is 6.07 Å². The molecule has 0 saturated heterocycles. The Hall–Kier alpha value is -0.960. The zero-order valence-electron chi connectivity index (χ0n) is 11.8. The molecule has 0 amide bonds. The molecule has 3 heteroatoms. The first-order valence-corrected chi connectivity index (χ1v) is 7.20. The molecule has 0 heterocycles. The fraction of sp³-hybridized carbons (Fsp3) is 0.625. The monoisotopic (exact) mass is 267 g/mol. The Kier molecular flexibility index (Phi) is 4.56. The Bertz CT molecular complexity index is 429. The van der Waals surface area contributed by atoms with Gasteiger partial charge in [0.25, 0.3) is 0 Å². The number of nitrogens with one attached hydrogen (secondary N) is 1. The SMILES string of the molecule is CCCC(C)(CNC1CC1)Cc1ccc(F)cc1F. The van der Waals surface area contributed by atoms with E-state index < -0.39 is 11.6 Å². The Morgan fingerprint density at radius 3 is 2.63 bits per heavy atom. The van der Waals surface area contributed by atoms with Gasteiger partial charge < -0.3 is 5.32 Å². The molecule has 19 heavy (non-hydrogen) atoms. The highest BCUT2D eigenvalue weighted by Gasteiger charge is 2.29. The summed E-state index contributed by atoms with van der Waals surface area (Å²) >= 11 is 0. The summed E-state index contributed by atoms with van der Waals surface area (Å²) in [5.74, 6) is -0.927. The zero-order valence-corrected chi connectivity index (χ0v) is 11.8. The summed E-state index contributed by atoms with van der Waals surface area (Å²) in [6.45, 7) is 5.24. The van der Waals surface area contributed by atoms with Crippen molar-refractivity contribution in [3.63, 3.8) is 0 Å². The standard InChI is InChI=1S/C16H23F2N/c1-3-8-16(2,11-19-14-6-7-14)10-12-4-5-13(17)9-15(12)18/h4-5,9,14,19H,3,6-8,10-11H2,1-2H3. The van der Waals surface area contributed by atoms with E-state index in [1.807, 2.05) is 0 Å². The van der Waals surface area contributed by atoms with Gasteiger partial charge in [-0.05, 0) is 42.7 Å². The lowest BCUT2D eigenvalue weighted by Gasteiger charge is -2.30. The quantitative estimate of drug-likeness (QED) is 0.785. The van der Waals surface area contributed by atoms with Crippen LogP contribution in [0.3, 0.4) is 0 Å². The van der Waals surface area contributed by atoms with E-state index >= 15 is 0 Å². The maximum atomic E-state index is 13.8. The van der Waals surface area contributed by atoms with Crippen molar-refractivity contribution in [2.24, 2.45) is 5.41 Å². The summed E-state index contributed by atoms with van der Waals surface area (Å²) in [6.07, 6.45) is 5.29. The molecule has 0 radical (unpaired) electrons. The summed E-state index contributed by atoms with van der Waals surface area (Å²) in [5.41, 5.74) is 0.658. The molecule has 0 aromatic heterocycles. The van der Waals surface area contributed by atoms with Gasteiger partial charge in [-0.1, -0.05) is 26.3 Å². The minimum absolute atomic E-state index is 0.0377. The number of benzene rings is 1. The molecule has 1 N–H and O–H groups in total. The van der Waals surface area contributed by atoms with Crippen LogP contribution in [-0.2, 0) is 6.42 Å². The Balaban J connectivity index is 2.04. The second kappa shape index (κ2) is 6.00. The van der Waals surface area contributed by atoms with Gasteiger partial charge in [-0.3, -0.25) is 0 Å². The summed E-state index contributed by atoms with van der Waals surface area (Å²) in [6, 6.07) is 4.57. The highest BCUT2D eigenvalue weighted by Crippen LogP contribution is 2.30. The lowest BCUT2D eigenvalue weighted by molar-refractivity contribution is 0.271. The molecule has 2 rings (SSSR count). The molecule has 0 spiro atoms. The molecular formula is C16H23F2N. The molecule has 1 saturated carbocycles. The van der Waals surface area contributed by atoms with Gasteiger partial charge in [0.05, 0.1) is 0 Å². The van der Waals surface area contributed by atoms with Crippen molar-refractivity contribution in [3.05, 3.63) is 35.4 Å². The molecule has 1 aromatic carbocycles. The molecule has 0 aliphatic heterocycles. The highest BCUT2D eigenvalue weighted by molar-refractivity contribution is 5.20. The van der Waals surface area contributed by atoms with Gasteiger partial charge in [-0.2, -0.15) is 0 Å². The van der Waals surface area contributed by atoms with E-state index in [0.717, 1.165) is 25.5 Å². The van der Waals surface area contributed by atoms with Crippen LogP contribution in [0.15, 0.2) is 18.2 Å². The van der Waals surface area contributed by atoms with E-state index in [4.69, 9.17) is 0 Å². The van der Waals surface area contributed by atoms with Crippen LogP contribution < -0.4 is 5.32 Å². The largest absolute Gasteiger partial charge is 0.313 e. The lowest BCUT2D eigenvalue weighted by atomic mass is 9.79. The van der Waals surface area contributed by atoms with Crippen LogP contribution in [-0.4, -0.2) is 12.6 Å². The Morgan fingerprint density at radius 1 is 1.32 bits per heavy atom. The second-order valence-corrected chi connectivity index (χ2v) is 6.13. The smallest absolute Gasteiger partial charge is 0.129 e. The maximum absolute atomic E-state index is 13.8. The van der Waals surface area contributed by atoms with Gasteiger partial charge in [0.1, 0.15) is 11.6 Å². The Labute approximate surface area is 114 Å². The third-order valence-corrected chi connectivity index (χ3v) is 3.88. The molecule has 106 valence electrons. The summed E-state index contributed by atoms with van der Waals surface area (Å²) in [4.78, 5) is 0. The minimum Gasteiger partial charge on any atom is -0.313 e. The molecule has 1 aliphatic carbocycles. The van der Waals surface area contributed by atoms with Gasteiger partial charge in [-0.15, -0.1) is 0 Å². The first kappa shape index (κ1) is 14.4. The van der Waals surface area contributed by atoms with Crippen molar-refractivity contribution in [2.45, 2.75) is 52.0 Å². The summed E-state index contributed by atoms with van der Waals surface area (Å²) in [5, 5.41) is 3.54. The molecule has 1 nitrogen and oxygen atoms in total. The van der Waals surface area contributed by atoms with E-state index in [1.165, 1.54) is 18.9 Å². The van der Waals surface area contributed by atoms with Crippen molar-refractivity contribution < 1.29 is 8.78 Å². The van der Waals surface area contributed by atoms with Gasteiger partial charge in [0.2, 0.25) is 0 Å². The van der Waals surface area contributed by atoms with Crippen LogP contribution in [0.4, 0.5) is 8.78 Å². The fourth-order valence-corrected chi connectivity index (χ4v) is 2.65. The van der Waals surface area contributed by atoms with Crippen LogP contribution in [0.5, 0.6) is 0 Å². The van der Waals surface area contributed by atoms with Crippen LogP contribution in [0.2, 0.25) is 0 Å². The number of hydrogen-bond acceptors (Lipinski definition) is 1. The number of rotatable bonds is 7. The van der Waals surface area contributed by atoms with Crippen LogP contribution in [0.1, 0.15) is 45.1 Å². The predicted molar refractivity (Wildman–Crippen MR) is 74.1 cm³/mol. The second-order valence-electron chi connectivity index (χ2n) is 6.13. The highest BCUT2D eigenvalue weighted by atomic mass is 19.1. The molecule has 0 bridgehead atoms. The minimum atomic E-state index is -0.505. The molecular weight excluding hydrogens is 244 g/mol. The maximum Gasteiger partial charge on any atom is 0.129 e. The molecule has 1 atom stereocenters. The van der Waals surface area contributed by atoms with Crippen LogP contribution in [0, 0.1) is 17.0 Å². The molecule has 1 aliphatic rings. The predicted octanol–water partition coefficient (Wildman–Crippen LogP) is 4.07. The topological polar surface area (TPSA) is 12.0 Å². The van der Waals surface area contributed by atoms with Gasteiger partial charge in [0.15, 0.2) is 0 Å². The summed E-state index contributed by atoms with van der Waals surface area (Å²) < 4.78 is 26.7. The third-order valence-electron chi connectivity index (χ3n) is 3.88. The average Bonchev–Trinajstić information content (AvgIpc) is 3.15. The molecule has 1 aromatic rings. The first-order chi connectivity index (χ1) is 9.02. The summed E-state index contributed by atoms with van der Waals surface area (Å²) in [7, 11) is 0. The van der Waals surface area contributed by atoms with Crippen molar-refractivity contribution in [2.75, 3.05) is 6.54 Å². The van der Waals surface area contributed by atoms with Gasteiger partial charge in [0, 0.05) is 18.7 Å². The normalized spacial score (nSPS) is 18.3. The average molecular weight is 267 g/mol. The third kappa shape index (κ3) is 4.27. The van der Waals surface area contributed by atoms with E-state index in [2.05, 4.69) is 19.2 Å². The van der Waals surface area contributed by atoms with Crippen LogP contribution >= 0.6 is 0 Å². The first-order valence-electron chi connectivity index (χ1n) is 7.20. The van der Waals surface area contributed by atoms with Gasteiger partial charge >= 0.3 is 0 Å².